The molecule has 2 N–H and O–H groups in total. The molecule has 3 nitrogen and oxygen atoms in total. The second-order valence-electron chi connectivity index (χ2n) is 10.2. The molecule has 33 heavy (non-hydrogen) atoms. The molecule has 0 aliphatic heterocycles. The van der Waals surface area contributed by atoms with Crippen LogP contribution in [-0.2, 0) is 9.47 Å². The van der Waals surface area contributed by atoms with Crippen LogP contribution in [0.2, 0.25) is 0 Å². The Kier molecular flexibility index (Phi) is 29.8. The molecule has 1 unspecified atom stereocenters. The summed E-state index contributed by atoms with van der Waals surface area (Å²) in [7, 11) is 0. The van der Waals surface area contributed by atoms with Crippen LogP contribution in [0.4, 0.5) is 0 Å². The second kappa shape index (κ2) is 29.9. The quantitative estimate of drug-likeness (QED) is 0.111. The first-order valence-corrected chi connectivity index (χ1v) is 15.2. The number of unbranched alkanes of at least 4 members (excludes halogenated alkanes) is 21. The third-order valence-electron chi connectivity index (χ3n) is 6.81. The SMILES string of the molecule is CCCCCCCCCCCCCCOC(CN)COCCCCCCCCCCCCC. The molecule has 0 rings (SSSR count). The maximum absolute atomic E-state index is 5.94. The van der Waals surface area contributed by atoms with Crippen LogP contribution in [-0.4, -0.2) is 32.5 Å². The van der Waals surface area contributed by atoms with E-state index in [0.29, 0.717) is 13.2 Å². The Bertz CT molecular complexity index is 307. The highest BCUT2D eigenvalue weighted by molar-refractivity contribution is 4.58. The molecule has 0 saturated heterocycles. The average molecular weight is 470 g/mol. The Labute approximate surface area is 209 Å². The summed E-state index contributed by atoms with van der Waals surface area (Å²) in [5.41, 5.74) is 5.86. The minimum Gasteiger partial charge on any atom is -0.379 e. The zero-order chi connectivity index (χ0) is 24.1. The van der Waals surface area contributed by atoms with Gasteiger partial charge in [0.05, 0.1) is 12.7 Å². The molecular formula is C30H63NO2. The maximum Gasteiger partial charge on any atom is 0.0930 e. The Morgan fingerprint density at radius 2 is 0.788 bits per heavy atom. The van der Waals surface area contributed by atoms with Gasteiger partial charge in [-0.3, -0.25) is 0 Å². The monoisotopic (exact) mass is 469 g/mol. The molecule has 1 atom stereocenters. The lowest BCUT2D eigenvalue weighted by atomic mass is 10.1. The van der Waals surface area contributed by atoms with E-state index in [1.807, 2.05) is 0 Å². The summed E-state index contributed by atoms with van der Waals surface area (Å²) in [4.78, 5) is 0. The Morgan fingerprint density at radius 3 is 1.15 bits per heavy atom. The van der Waals surface area contributed by atoms with E-state index in [0.717, 1.165) is 19.6 Å². The largest absolute Gasteiger partial charge is 0.379 e. The molecule has 0 aromatic heterocycles. The van der Waals surface area contributed by atoms with Crippen molar-refractivity contribution in [1.82, 2.24) is 0 Å². The highest BCUT2D eigenvalue weighted by Crippen LogP contribution is 2.13. The van der Waals surface area contributed by atoms with Crippen molar-refractivity contribution in [2.45, 2.75) is 168 Å². The minimum atomic E-state index is 0.0745. The van der Waals surface area contributed by atoms with Crippen LogP contribution in [0.25, 0.3) is 0 Å². The van der Waals surface area contributed by atoms with E-state index in [9.17, 15) is 0 Å². The van der Waals surface area contributed by atoms with E-state index in [2.05, 4.69) is 13.8 Å². The van der Waals surface area contributed by atoms with Crippen molar-refractivity contribution in [2.24, 2.45) is 5.73 Å². The highest BCUT2D eigenvalue weighted by atomic mass is 16.5. The van der Waals surface area contributed by atoms with Crippen molar-refractivity contribution in [3.8, 4) is 0 Å². The summed E-state index contributed by atoms with van der Waals surface area (Å²) in [6.07, 6.45) is 31.7. The van der Waals surface area contributed by atoms with Crippen LogP contribution in [0.1, 0.15) is 162 Å². The first kappa shape index (κ1) is 32.9. The highest BCUT2D eigenvalue weighted by Gasteiger charge is 2.06. The van der Waals surface area contributed by atoms with Gasteiger partial charge in [0.15, 0.2) is 0 Å². The number of ether oxygens (including phenoxy) is 2. The standard InChI is InChI=1S/C30H63NO2/c1-3-5-7-9-11-13-15-17-19-21-23-25-27-33-30(28-31)29-32-26-24-22-20-18-16-14-12-10-8-6-4-2/h30H,3-29,31H2,1-2H3. The van der Waals surface area contributed by atoms with E-state index in [4.69, 9.17) is 15.2 Å². The van der Waals surface area contributed by atoms with Gasteiger partial charge in [0.2, 0.25) is 0 Å². The number of nitrogens with two attached hydrogens (primary N) is 1. The molecule has 0 heterocycles. The summed E-state index contributed by atoms with van der Waals surface area (Å²) in [6.45, 7) is 7.49. The summed E-state index contributed by atoms with van der Waals surface area (Å²) in [6, 6.07) is 0. The molecule has 0 amide bonds. The van der Waals surface area contributed by atoms with Gasteiger partial charge in [-0.25, -0.2) is 0 Å². The molecule has 200 valence electrons. The van der Waals surface area contributed by atoms with Crippen molar-refractivity contribution in [3.05, 3.63) is 0 Å². The molecule has 0 fully saturated rings. The van der Waals surface area contributed by atoms with Gasteiger partial charge < -0.3 is 15.2 Å². The van der Waals surface area contributed by atoms with Gasteiger partial charge in [0.25, 0.3) is 0 Å². The van der Waals surface area contributed by atoms with Crippen LogP contribution in [0.15, 0.2) is 0 Å². The smallest absolute Gasteiger partial charge is 0.0930 e. The Balaban J connectivity index is 3.26. The van der Waals surface area contributed by atoms with E-state index in [1.165, 1.54) is 141 Å². The zero-order valence-electron chi connectivity index (χ0n) is 23.1. The molecule has 0 bridgehead atoms. The van der Waals surface area contributed by atoms with Gasteiger partial charge >= 0.3 is 0 Å². The van der Waals surface area contributed by atoms with Crippen LogP contribution in [0.3, 0.4) is 0 Å². The Hall–Kier alpha value is -0.120. The predicted molar refractivity (Wildman–Crippen MR) is 147 cm³/mol. The van der Waals surface area contributed by atoms with E-state index < -0.39 is 0 Å². The fraction of sp³-hybridized carbons (Fsp3) is 1.00. The molecule has 3 heteroatoms. The van der Waals surface area contributed by atoms with Gasteiger partial charge in [-0.15, -0.1) is 0 Å². The molecular weight excluding hydrogens is 406 g/mol. The zero-order valence-corrected chi connectivity index (χ0v) is 23.1. The van der Waals surface area contributed by atoms with E-state index in [-0.39, 0.29) is 6.10 Å². The third-order valence-corrected chi connectivity index (χ3v) is 6.81. The molecule has 0 aromatic rings. The summed E-state index contributed by atoms with van der Waals surface area (Å²) in [5.74, 6) is 0. The third kappa shape index (κ3) is 28.0. The van der Waals surface area contributed by atoms with Gasteiger partial charge in [-0.05, 0) is 12.8 Å². The molecule has 0 aromatic carbocycles. The molecule has 0 spiro atoms. The van der Waals surface area contributed by atoms with Crippen LogP contribution < -0.4 is 5.73 Å². The molecule has 0 aliphatic rings. The molecule has 0 aliphatic carbocycles. The van der Waals surface area contributed by atoms with Crippen LogP contribution in [0, 0.1) is 0 Å². The molecule has 0 radical (unpaired) electrons. The van der Waals surface area contributed by atoms with Crippen molar-refractivity contribution in [1.29, 1.82) is 0 Å². The first-order valence-electron chi connectivity index (χ1n) is 15.2. The fourth-order valence-corrected chi connectivity index (χ4v) is 4.46. The number of hydrogen-bond acceptors (Lipinski definition) is 3. The first-order chi connectivity index (χ1) is 16.3. The minimum absolute atomic E-state index is 0.0745. The van der Waals surface area contributed by atoms with E-state index in [1.54, 1.807) is 0 Å². The summed E-state index contributed by atoms with van der Waals surface area (Å²) in [5, 5.41) is 0. The van der Waals surface area contributed by atoms with Gasteiger partial charge in [0, 0.05) is 19.8 Å². The number of hydrogen-bond donors (Lipinski definition) is 1. The topological polar surface area (TPSA) is 44.5 Å². The van der Waals surface area contributed by atoms with Crippen LogP contribution in [0.5, 0.6) is 0 Å². The average Bonchev–Trinajstić information content (AvgIpc) is 2.83. The van der Waals surface area contributed by atoms with Crippen LogP contribution >= 0.6 is 0 Å². The van der Waals surface area contributed by atoms with Gasteiger partial charge in [0.1, 0.15) is 0 Å². The fourth-order valence-electron chi connectivity index (χ4n) is 4.46. The van der Waals surface area contributed by atoms with Gasteiger partial charge in [-0.2, -0.15) is 0 Å². The Morgan fingerprint density at radius 1 is 0.455 bits per heavy atom. The van der Waals surface area contributed by atoms with Crippen molar-refractivity contribution < 1.29 is 9.47 Å². The lowest BCUT2D eigenvalue weighted by Gasteiger charge is -2.16. The van der Waals surface area contributed by atoms with Gasteiger partial charge in [-0.1, -0.05) is 149 Å². The summed E-state index contributed by atoms with van der Waals surface area (Å²) >= 11 is 0. The normalized spacial score (nSPS) is 12.5. The van der Waals surface area contributed by atoms with Crippen molar-refractivity contribution >= 4 is 0 Å². The lowest BCUT2D eigenvalue weighted by Crippen LogP contribution is -2.29. The predicted octanol–water partition coefficient (Wildman–Crippen LogP) is 9.36. The maximum atomic E-state index is 5.94. The van der Waals surface area contributed by atoms with Crippen molar-refractivity contribution in [3.63, 3.8) is 0 Å². The molecule has 0 saturated carbocycles. The van der Waals surface area contributed by atoms with E-state index >= 15 is 0 Å². The lowest BCUT2D eigenvalue weighted by molar-refractivity contribution is -0.0136. The van der Waals surface area contributed by atoms with Crippen molar-refractivity contribution in [2.75, 3.05) is 26.4 Å². The number of rotatable bonds is 29. The summed E-state index contributed by atoms with van der Waals surface area (Å²) < 4.78 is 11.8. The second-order valence-corrected chi connectivity index (χ2v) is 10.2.